The second kappa shape index (κ2) is 8.49. The molecule has 0 spiro atoms. The van der Waals surface area contributed by atoms with Crippen molar-refractivity contribution in [2.75, 3.05) is 0 Å². The second-order valence-electron chi connectivity index (χ2n) is 6.02. The predicted molar refractivity (Wildman–Crippen MR) is 111 cm³/mol. The molecule has 2 heterocycles. The molecular weight excluding hydrogens is 437 g/mol. The minimum atomic E-state index is -0.890. The van der Waals surface area contributed by atoms with Crippen molar-refractivity contribution >= 4 is 35.0 Å². The molecule has 0 radical (unpaired) electrons. The van der Waals surface area contributed by atoms with Gasteiger partial charge in [-0.1, -0.05) is 41.0 Å². The van der Waals surface area contributed by atoms with Crippen LogP contribution in [0.3, 0.4) is 0 Å². The summed E-state index contributed by atoms with van der Waals surface area (Å²) in [4.78, 5) is 4.13. The number of thioether (sulfide) groups is 1. The number of halogens is 4. The molecule has 29 heavy (non-hydrogen) atoms. The Kier molecular flexibility index (Phi) is 5.80. The maximum absolute atomic E-state index is 13.5. The lowest BCUT2D eigenvalue weighted by atomic mass is 10.2. The lowest BCUT2D eigenvalue weighted by molar-refractivity contribution is 0.507. The van der Waals surface area contributed by atoms with E-state index >= 15 is 0 Å². The molecule has 0 atom stereocenters. The van der Waals surface area contributed by atoms with Crippen molar-refractivity contribution in [1.82, 2.24) is 19.7 Å². The van der Waals surface area contributed by atoms with Crippen molar-refractivity contribution < 1.29 is 8.78 Å². The molecule has 0 fully saturated rings. The third-order valence-corrected chi connectivity index (χ3v) is 5.61. The normalized spacial score (nSPS) is 11.0. The minimum absolute atomic E-state index is 0.362. The van der Waals surface area contributed by atoms with Crippen molar-refractivity contribution in [3.63, 3.8) is 0 Å². The van der Waals surface area contributed by atoms with Gasteiger partial charge in [-0.15, -0.1) is 10.2 Å². The van der Waals surface area contributed by atoms with E-state index in [4.69, 9.17) is 23.2 Å². The summed E-state index contributed by atoms with van der Waals surface area (Å²) in [6.07, 6.45) is 3.33. The third kappa shape index (κ3) is 4.27. The topological polar surface area (TPSA) is 43.6 Å². The third-order valence-electron chi connectivity index (χ3n) is 4.05. The summed E-state index contributed by atoms with van der Waals surface area (Å²) in [5, 5.41) is 10.1. The molecule has 146 valence electrons. The van der Waals surface area contributed by atoms with E-state index in [-0.39, 0.29) is 0 Å². The van der Waals surface area contributed by atoms with Gasteiger partial charge >= 0.3 is 0 Å². The molecular formula is C20H12Cl2F2N4S. The Hall–Kier alpha value is -2.48. The second-order valence-corrected chi connectivity index (χ2v) is 7.80. The van der Waals surface area contributed by atoms with E-state index in [1.807, 2.05) is 6.07 Å². The van der Waals surface area contributed by atoms with Gasteiger partial charge in [0.15, 0.2) is 22.6 Å². The summed E-state index contributed by atoms with van der Waals surface area (Å²) in [7, 11) is 0. The maximum Gasteiger partial charge on any atom is 0.196 e. The summed E-state index contributed by atoms with van der Waals surface area (Å²) >= 11 is 13.9. The largest absolute Gasteiger partial charge is 0.268 e. The highest BCUT2D eigenvalue weighted by Gasteiger charge is 2.19. The lowest BCUT2D eigenvalue weighted by Crippen LogP contribution is -2.01. The molecule has 4 rings (SSSR count). The van der Waals surface area contributed by atoms with Gasteiger partial charge in [-0.05, 0) is 48.0 Å². The number of aromatic nitrogens is 4. The van der Waals surface area contributed by atoms with Gasteiger partial charge in [0.1, 0.15) is 0 Å². The molecule has 2 aromatic carbocycles. The van der Waals surface area contributed by atoms with Crippen molar-refractivity contribution in [2.45, 2.75) is 10.9 Å². The molecule has 9 heteroatoms. The van der Waals surface area contributed by atoms with Crippen LogP contribution in [0.25, 0.3) is 17.1 Å². The monoisotopic (exact) mass is 448 g/mol. The number of pyridine rings is 1. The van der Waals surface area contributed by atoms with Crippen LogP contribution in [-0.4, -0.2) is 19.7 Å². The first-order valence-electron chi connectivity index (χ1n) is 8.41. The van der Waals surface area contributed by atoms with Crippen LogP contribution in [0.2, 0.25) is 10.0 Å². The molecule has 4 aromatic rings. The van der Waals surface area contributed by atoms with E-state index in [0.29, 0.717) is 38.0 Å². The minimum Gasteiger partial charge on any atom is -0.268 e. The number of rotatable bonds is 5. The molecule has 0 saturated heterocycles. The van der Waals surface area contributed by atoms with Crippen LogP contribution in [0.15, 0.2) is 66.1 Å². The van der Waals surface area contributed by atoms with Crippen LogP contribution >= 0.6 is 35.0 Å². The van der Waals surface area contributed by atoms with Gasteiger partial charge in [0.05, 0.1) is 10.7 Å². The molecule has 2 aromatic heterocycles. The van der Waals surface area contributed by atoms with E-state index in [9.17, 15) is 8.78 Å². The molecule has 0 aliphatic rings. The average molecular weight is 449 g/mol. The summed E-state index contributed by atoms with van der Waals surface area (Å²) in [5.74, 6) is -0.874. The zero-order valence-electron chi connectivity index (χ0n) is 14.7. The summed E-state index contributed by atoms with van der Waals surface area (Å²) in [6, 6.07) is 12.5. The Morgan fingerprint density at radius 3 is 2.59 bits per heavy atom. The highest BCUT2D eigenvalue weighted by molar-refractivity contribution is 7.98. The van der Waals surface area contributed by atoms with E-state index in [0.717, 1.165) is 17.7 Å². The fourth-order valence-corrected chi connectivity index (χ4v) is 3.95. The maximum atomic E-state index is 13.5. The van der Waals surface area contributed by atoms with Gasteiger partial charge in [0.2, 0.25) is 0 Å². The highest BCUT2D eigenvalue weighted by atomic mass is 35.5. The fraction of sp³-hybridized carbons (Fsp3) is 0.0500. The van der Waals surface area contributed by atoms with Crippen LogP contribution in [0.4, 0.5) is 8.78 Å². The van der Waals surface area contributed by atoms with Gasteiger partial charge in [0.25, 0.3) is 0 Å². The van der Waals surface area contributed by atoms with Gasteiger partial charge in [-0.2, -0.15) is 0 Å². The van der Waals surface area contributed by atoms with Gasteiger partial charge in [-0.3, -0.25) is 9.55 Å². The Balaban J connectivity index is 1.76. The van der Waals surface area contributed by atoms with Crippen LogP contribution in [-0.2, 0) is 5.75 Å². The van der Waals surface area contributed by atoms with Crippen molar-refractivity contribution in [3.05, 3.63) is 88.2 Å². The Labute approximate surface area is 179 Å². The molecule has 4 nitrogen and oxygen atoms in total. The smallest absolute Gasteiger partial charge is 0.196 e. The number of nitrogens with zero attached hydrogens (tertiary/aromatic N) is 4. The highest BCUT2D eigenvalue weighted by Crippen LogP contribution is 2.33. The number of hydrogen-bond donors (Lipinski definition) is 0. The quantitative estimate of drug-likeness (QED) is 0.340. The molecule has 0 aliphatic heterocycles. The molecule has 0 N–H and O–H groups in total. The fourth-order valence-electron chi connectivity index (χ4n) is 2.70. The molecule has 0 saturated carbocycles. The Morgan fingerprint density at radius 1 is 0.966 bits per heavy atom. The average Bonchev–Trinajstić information content (AvgIpc) is 3.15. The SMILES string of the molecule is Fc1ccc(CSc2nnc(-c3cccnc3)n2-c2cc(Cl)ccc2Cl)cc1F. The summed E-state index contributed by atoms with van der Waals surface area (Å²) in [5.41, 5.74) is 1.97. The van der Waals surface area contributed by atoms with Gasteiger partial charge < -0.3 is 0 Å². The Bertz CT molecular complexity index is 1170. The lowest BCUT2D eigenvalue weighted by Gasteiger charge is -2.12. The van der Waals surface area contributed by atoms with E-state index < -0.39 is 11.6 Å². The van der Waals surface area contributed by atoms with E-state index in [1.54, 1.807) is 41.2 Å². The van der Waals surface area contributed by atoms with E-state index in [2.05, 4.69) is 15.2 Å². The predicted octanol–water partition coefficient (Wildman–Crippen LogP) is 6.21. The molecule has 0 bridgehead atoms. The van der Waals surface area contributed by atoms with Crippen molar-refractivity contribution in [2.24, 2.45) is 0 Å². The zero-order valence-corrected chi connectivity index (χ0v) is 17.0. The number of hydrogen-bond acceptors (Lipinski definition) is 4. The number of benzene rings is 2. The van der Waals surface area contributed by atoms with Gasteiger partial charge in [0, 0.05) is 28.7 Å². The first-order chi connectivity index (χ1) is 14.0. The zero-order chi connectivity index (χ0) is 20.4. The van der Waals surface area contributed by atoms with Crippen molar-refractivity contribution in [1.29, 1.82) is 0 Å². The summed E-state index contributed by atoms with van der Waals surface area (Å²) < 4.78 is 28.5. The Morgan fingerprint density at radius 2 is 1.83 bits per heavy atom. The van der Waals surface area contributed by atoms with Crippen LogP contribution in [0.5, 0.6) is 0 Å². The molecule has 0 unspecified atom stereocenters. The summed E-state index contributed by atoms with van der Waals surface area (Å²) in [6.45, 7) is 0. The molecule has 0 aliphatic carbocycles. The van der Waals surface area contributed by atoms with Crippen LogP contribution in [0, 0.1) is 11.6 Å². The molecule has 0 amide bonds. The van der Waals surface area contributed by atoms with E-state index in [1.165, 1.54) is 17.8 Å². The van der Waals surface area contributed by atoms with Crippen LogP contribution in [0.1, 0.15) is 5.56 Å². The first-order valence-corrected chi connectivity index (χ1v) is 10.1. The first kappa shape index (κ1) is 19.8. The van der Waals surface area contributed by atoms with Crippen LogP contribution < -0.4 is 0 Å². The van der Waals surface area contributed by atoms with Crippen molar-refractivity contribution in [3.8, 4) is 17.1 Å². The van der Waals surface area contributed by atoms with Gasteiger partial charge in [-0.25, -0.2) is 8.78 Å². The standard InChI is InChI=1S/C20H12Cl2F2N4S/c21-14-4-5-15(22)18(9-14)28-19(13-2-1-7-25-10-13)26-27-20(28)29-11-12-3-6-16(23)17(24)8-12/h1-10H,11H2.